The van der Waals surface area contributed by atoms with Gasteiger partial charge in [0.25, 0.3) is 5.91 Å². The number of halogens is 2. The predicted octanol–water partition coefficient (Wildman–Crippen LogP) is 3.86. The number of rotatable bonds is 7. The molecule has 2 amide bonds. The van der Waals surface area contributed by atoms with Crippen LogP contribution < -0.4 is 10.6 Å². The smallest absolute Gasteiger partial charge is 0.251 e. The Hall–Kier alpha value is -4.33. The van der Waals surface area contributed by atoms with Crippen molar-refractivity contribution >= 4 is 11.8 Å². The Morgan fingerprint density at radius 3 is 2.33 bits per heavy atom. The van der Waals surface area contributed by atoms with Gasteiger partial charge in [-0.2, -0.15) is 5.10 Å². The molecule has 8 heteroatoms. The van der Waals surface area contributed by atoms with E-state index in [0.717, 1.165) is 17.3 Å². The maximum absolute atomic E-state index is 13.4. The van der Waals surface area contributed by atoms with E-state index in [-0.39, 0.29) is 24.5 Å². The molecule has 0 saturated carbocycles. The van der Waals surface area contributed by atoms with E-state index >= 15 is 0 Å². The normalized spacial score (nSPS) is 10.6. The fraction of sp³-hybridized carbons (Fsp3) is 0.0800. The highest BCUT2D eigenvalue weighted by atomic mass is 19.1. The molecule has 1 heterocycles. The molecular formula is C25H20F2N4O2. The first-order chi connectivity index (χ1) is 16.0. The number of nitrogens with zero attached hydrogens (tertiary/aromatic N) is 2. The molecule has 0 radical (unpaired) electrons. The number of carbonyl (C=O) groups excluding carboxylic acids is 2. The molecule has 3 aromatic carbocycles. The molecule has 6 nitrogen and oxygen atoms in total. The first-order valence-corrected chi connectivity index (χ1v) is 10.2. The van der Waals surface area contributed by atoms with Crippen molar-refractivity contribution in [3.05, 3.63) is 108 Å². The summed E-state index contributed by atoms with van der Waals surface area (Å²) >= 11 is 0. The van der Waals surface area contributed by atoms with E-state index in [1.807, 2.05) is 30.3 Å². The van der Waals surface area contributed by atoms with Crippen molar-refractivity contribution in [2.45, 2.75) is 6.54 Å². The van der Waals surface area contributed by atoms with E-state index in [9.17, 15) is 18.4 Å². The second kappa shape index (κ2) is 9.86. The molecule has 0 bridgehead atoms. The summed E-state index contributed by atoms with van der Waals surface area (Å²) in [6.07, 6.45) is 1.79. The fourth-order valence-corrected chi connectivity index (χ4v) is 3.25. The summed E-state index contributed by atoms with van der Waals surface area (Å²) in [7, 11) is 0. The average molecular weight is 446 g/mol. The Bertz CT molecular complexity index is 1270. The second-order valence-electron chi connectivity index (χ2n) is 7.26. The van der Waals surface area contributed by atoms with Gasteiger partial charge >= 0.3 is 0 Å². The minimum absolute atomic E-state index is 0.130. The lowest BCUT2D eigenvalue weighted by atomic mass is 10.1. The molecule has 166 valence electrons. The molecule has 0 atom stereocenters. The zero-order valence-corrected chi connectivity index (χ0v) is 17.5. The van der Waals surface area contributed by atoms with Crippen LogP contribution in [-0.4, -0.2) is 28.1 Å². The topological polar surface area (TPSA) is 76.0 Å². The SMILES string of the molecule is O=C(CNC(=O)c1cccc(F)c1)NCc1cn(-c2ccccc2)nc1-c1ccc(F)cc1. The van der Waals surface area contributed by atoms with Crippen molar-refractivity contribution in [2.75, 3.05) is 6.54 Å². The maximum atomic E-state index is 13.4. The van der Waals surface area contributed by atoms with Crippen molar-refractivity contribution < 1.29 is 18.4 Å². The van der Waals surface area contributed by atoms with Crippen LogP contribution >= 0.6 is 0 Å². The van der Waals surface area contributed by atoms with Crippen LogP contribution in [0.4, 0.5) is 8.78 Å². The number of carbonyl (C=O) groups is 2. The number of benzene rings is 3. The number of hydrogen-bond donors (Lipinski definition) is 2. The standard InChI is InChI=1S/C25H20F2N4O2/c26-20-11-9-17(10-12-20)24-19(16-31(30-24)22-7-2-1-3-8-22)14-28-23(32)15-29-25(33)18-5-4-6-21(27)13-18/h1-13,16H,14-15H2,(H,28,32)(H,29,33). The van der Waals surface area contributed by atoms with Crippen molar-refractivity contribution in [2.24, 2.45) is 0 Å². The van der Waals surface area contributed by atoms with Gasteiger partial charge in [-0.25, -0.2) is 13.5 Å². The summed E-state index contributed by atoms with van der Waals surface area (Å²) in [6.45, 7) is -0.123. The van der Waals surface area contributed by atoms with E-state index in [0.29, 0.717) is 11.3 Å². The van der Waals surface area contributed by atoms with Gasteiger partial charge in [0, 0.05) is 29.4 Å². The summed E-state index contributed by atoms with van der Waals surface area (Å²) in [5, 5.41) is 9.83. The molecular weight excluding hydrogens is 426 g/mol. The van der Waals surface area contributed by atoms with Gasteiger partial charge in [-0.15, -0.1) is 0 Å². The van der Waals surface area contributed by atoms with Crippen LogP contribution in [0.1, 0.15) is 15.9 Å². The summed E-state index contributed by atoms with van der Waals surface area (Å²) in [4.78, 5) is 24.4. The van der Waals surface area contributed by atoms with Gasteiger partial charge in [0.1, 0.15) is 11.6 Å². The molecule has 4 rings (SSSR count). The third kappa shape index (κ3) is 5.48. The van der Waals surface area contributed by atoms with E-state index in [2.05, 4.69) is 15.7 Å². The first kappa shape index (κ1) is 21.9. The van der Waals surface area contributed by atoms with Crippen molar-refractivity contribution in [3.8, 4) is 16.9 Å². The summed E-state index contributed by atoms with van der Waals surface area (Å²) in [6, 6.07) is 20.6. The van der Waals surface area contributed by atoms with E-state index < -0.39 is 17.6 Å². The third-order valence-electron chi connectivity index (χ3n) is 4.90. The summed E-state index contributed by atoms with van der Waals surface area (Å²) in [5.74, 6) is -1.85. The Morgan fingerprint density at radius 2 is 1.61 bits per heavy atom. The quantitative estimate of drug-likeness (QED) is 0.453. The number of para-hydroxylation sites is 1. The van der Waals surface area contributed by atoms with Gasteiger partial charge in [-0.05, 0) is 54.6 Å². The Morgan fingerprint density at radius 1 is 0.848 bits per heavy atom. The molecule has 0 aliphatic rings. The zero-order chi connectivity index (χ0) is 23.2. The molecule has 0 aliphatic heterocycles. The van der Waals surface area contributed by atoms with Crippen molar-refractivity contribution in [3.63, 3.8) is 0 Å². The van der Waals surface area contributed by atoms with Gasteiger partial charge in [0.15, 0.2) is 0 Å². The zero-order valence-electron chi connectivity index (χ0n) is 17.5. The van der Waals surface area contributed by atoms with E-state index in [1.54, 1.807) is 23.0 Å². The lowest BCUT2D eigenvalue weighted by molar-refractivity contribution is -0.120. The van der Waals surface area contributed by atoms with Crippen molar-refractivity contribution in [1.82, 2.24) is 20.4 Å². The highest BCUT2D eigenvalue weighted by Gasteiger charge is 2.14. The molecule has 0 fully saturated rings. The largest absolute Gasteiger partial charge is 0.350 e. The molecule has 0 spiro atoms. The van der Waals surface area contributed by atoms with Gasteiger partial charge in [0.2, 0.25) is 5.91 Å². The molecule has 33 heavy (non-hydrogen) atoms. The minimum atomic E-state index is -0.548. The summed E-state index contributed by atoms with van der Waals surface area (Å²) in [5.41, 5.74) is 2.99. The Labute approximate surface area is 188 Å². The van der Waals surface area contributed by atoms with Crippen molar-refractivity contribution in [1.29, 1.82) is 0 Å². The average Bonchev–Trinajstić information content (AvgIpc) is 3.26. The number of amides is 2. The lowest BCUT2D eigenvalue weighted by Gasteiger charge is -2.07. The highest BCUT2D eigenvalue weighted by molar-refractivity contribution is 5.96. The summed E-state index contributed by atoms with van der Waals surface area (Å²) < 4.78 is 28.3. The lowest BCUT2D eigenvalue weighted by Crippen LogP contribution is -2.36. The van der Waals surface area contributed by atoms with Gasteiger partial charge in [-0.1, -0.05) is 24.3 Å². The maximum Gasteiger partial charge on any atom is 0.251 e. The Balaban J connectivity index is 1.46. The van der Waals surface area contributed by atoms with Crippen LogP contribution in [0.15, 0.2) is 85.1 Å². The highest BCUT2D eigenvalue weighted by Crippen LogP contribution is 2.24. The number of aromatic nitrogens is 2. The van der Waals surface area contributed by atoms with Crippen LogP contribution in [0.3, 0.4) is 0 Å². The van der Waals surface area contributed by atoms with Crippen LogP contribution in [-0.2, 0) is 11.3 Å². The van der Waals surface area contributed by atoms with Crippen LogP contribution in [0, 0.1) is 11.6 Å². The molecule has 0 aliphatic carbocycles. The van der Waals surface area contributed by atoms with Gasteiger partial charge < -0.3 is 10.6 Å². The molecule has 0 saturated heterocycles. The molecule has 1 aromatic heterocycles. The first-order valence-electron chi connectivity index (χ1n) is 10.2. The monoisotopic (exact) mass is 446 g/mol. The predicted molar refractivity (Wildman–Crippen MR) is 120 cm³/mol. The molecule has 0 unspecified atom stereocenters. The number of hydrogen-bond acceptors (Lipinski definition) is 3. The fourth-order valence-electron chi connectivity index (χ4n) is 3.25. The van der Waals surface area contributed by atoms with E-state index in [4.69, 9.17) is 0 Å². The van der Waals surface area contributed by atoms with Crippen LogP contribution in [0.25, 0.3) is 16.9 Å². The van der Waals surface area contributed by atoms with Gasteiger partial charge in [0.05, 0.1) is 17.9 Å². The van der Waals surface area contributed by atoms with E-state index in [1.165, 1.54) is 30.3 Å². The second-order valence-corrected chi connectivity index (χ2v) is 7.26. The molecule has 4 aromatic rings. The Kier molecular flexibility index (Phi) is 6.54. The minimum Gasteiger partial charge on any atom is -0.350 e. The molecule has 2 N–H and O–H groups in total. The van der Waals surface area contributed by atoms with Gasteiger partial charge in [-0.3, -0.25) is 9.59 Å². The van der Waals surface area contributed by atoms with Crippen LogP contribution in [0.2, 0.25) is 0 Å². The third-order valence-corrected chi connectivity index (χ3v) is 4.90. The van der Waals surface area contributed by atoms with Crippen LogP contribution in [0.5, 0.6) is 0 Å². The number of nitrogens with one attached hydrogen (secondary N) is 2.